The number of hydrogen-bond donors (Lipinski definition) is 0. The Kier molecular flexibility index (Phi) is 4.66. The Balaban J connectivity index is 2.52. The molecule has 0 aromatic heterocycles. The van der Waals surface area contributed by atoms with Crippen LogP contribution in [0.4, 0.5) is 0 Å². The van der Waals surface area contributed by atoms with Crippen molar-refractivity contribution in [3.63, 3.8) is 0 Å². The standard InChI is InChI=1S/C11H13BrO2/c1-2-3-8-11(13)14-10-7-5-4-6-9(10)12/h4-7H,2-3,8H2,1H3. The lowest BCUT2D eigenvalue weighted by Gasteiger charge is -2.04. The molecule has 1 aromatic rings. The van der Waals surface area contributed by atoms with Crippen molar-refractivity contribution in [2.24, 2.45) is 0 Å². The smallest absolute Gasteiger partial charge is 0.311 e. The molecule has 0 saturated carbocycles. The van der Waals surface area contributed by atoms with E-state index in [1.165, 1.54) is 0 Å². The molecule has 76 valence electrons. The lowest BCUT2D eigenvalue weighted by molar-refractivity contribution is -0.134. The average Bonchev–Trinajstić information content (AvgIpc) is 2.18. The van der Waals surface area contributed by atoms with Crippen molar-refractivity contribution in [2.45, 2.75) is 26.2 Å². The van der Waals surface area contributed by atoms with Crippen LogP contribution in [0.15, 0.2) is 28.7 Å². The molecule has 0 saturated heterocycles. The second-order valence-corrected chi connectivity index (χ2v) is 3.86. The lowest BCUT2D eigenvalue weighted by Crippen LogP contribution is -2.07. The Hall–Kier alpha value is -0.830. The van der Waals surface area contributed by atoms with Crippen molar-refractivity contribution in [3.05, 3.63) is 28.7 Å². The van der Waals surface area contributed by atoms with Crippen LogP contribution in [0.1, 0.15) is 26.2 Å². The normalized spacial score (nSPS) is 9.86. The van der Waals surface area contributed by atoms with Gasteiger partial charge in [0.1, 0.15) is 5.75 Å². The van der Waals surface area contributed by atoms with E-state index >= 15 is 0 Å². The fourth-order valence-electron chi connectivity index (χ4n) is 1.02. The van der Waals surface area contributed by atoms with Crippen LogP contribution in [-0.2, 0) is 4.79 Å². The van der Waals surface area contributed by atoms with Crippen molar-refractivity contribution >= 4 is 21.9 Å². The summed E-state index contributed by atoms with van der Waals surface area (Å²) in [4.78, 5) is 11.3. The lowest BCUT2D eigenvalue weighted by atomic mass is 10.2. The van der Waals surface area contributed by atoms with Crippen molar-refractivity contribution in [1.29, 1.82) is 0 Å². The van der Waals surface area contributed by atoms with Crippen molar-refractivity contribution in [2.75, 3.05) is 0 Å². The first-order valence-corrected chi connectivity index (χ1v) is 5.48. The molecule has 1 aromatic carbocycles. The second kappa shape index (κ2) is 5.81. The average molecular weight is 257 g/mol. The molecule has 0 radical (unpaired) electrons. The van der Waals surface area contributed by atoms with Gasteiger partial charge >= 0.3 is 5.97 Å². The van der Waals surface area contributed by atoms with Crippen LogP contribution in [0.5, 0.6) is 5.75 Å². The molecule has 0 spiro atoms. The minimum absolute atomic E-state index is 0.168. The topological polar surface area (TPSA) is 26.3 Å². The zero-order valence-corrected chi connectivity index (χ0v) is 9.71. The number of esters is 1. The maximum absolute atomic E-state index is 11.3. The van der Waals surface area contributed by atoms with E-state index in [-0.39, 0.29) is 5.97 Å². The van der Waals surface area contributed by atoms with E-state index in [0.29, 0.717) is 12.2 Å². The number of benzene rings is 1. The van der Waals surface area contributed by atoms with Gasteiger partial charge in [0.05, 0.1) is 4.47 Å². The zero-order chi connectivity index (χ0) is 10.4. The molecule has 0 atom stereocenters. The van der Waals surface area contributed by atoms with Gasteiger partial charge < -0.3 is 4.74 Å². The molecular weight excluding hydrogens is 244 g/mol. The molecule has 0 fully saturated rings. The van der Waals surface area contributed by atoms with Crippen LogP contribution in [0, 0.1) is 0 Å². The van der Waals surface area contributed by atoms with Gasteiger partial charge in [-0.1, -0.05) is 25.5 Å². The van der Waals surface area contributed by atoms with Crippen LogP contribution in [0.3, 0.4) is 0 Å². The van der Waals surface area contributed by atoms with Gasteiger partial charge in [0.25, 0.3) is 0 Å². The fraction of sp³-hybridized carbons (Fsp3) is 0.364. The highest BCUT2D eigenvalue weighted by molar-refractivity contribution is 9.10. The number of rotatable bonds is 4. The maximum Gasteiger partial charge on any atom is 0.311 e. The number of para-hydroxylation sites is 1. The van der Waals surface area contributed by atoms with Crippen molar-refractivity contribution in [1.82, 2.24) is 0 Å². The van der Waals surface area contributed by atoms with E-state index in [4.69, 9.17) is 4.74 Å². The number of carbonyl (C=O) groups is 1. The van der Waals surface area contributed by atoms with Crippen LogP contribution in [-0.4, -0.2) is 5.97 Å². The van der Waals surface area contributed by atoms with Gasteiger partial charge in [0.15, 0.2) is 0 Å². The van der Waals surface area contributed by atoms with Crippen LogP contribution < -0.4 is 4.74 Å². The van der Waals surface area contributed by atoms with E-state index in [1.54, 1.807) is 6.07 Å². The van der Waals surface area contributed by atoms with Gasteiger partial charge in [0, 0.05) is 6.42 Å². The number of hydrogen-bond acceptors (Lipinski definition) is 2. The van der Waals surface area contributed by atoms with Gasteiger partial charge in [-0.05, 0) is 34.5 Å². The molecule has 0 amide bonds. The number of halogens is 1. The van der Waals surface area contributed by atoms with Crippen molar-refractivity contribution < 1.29 is 9.53 Å². The Morgan fingerprint density at radius 2 is 2.14 bits per heavy atom. The first kappa shape index (κ1) is 11.2. The molecule has 0 aliphatic heterocycles. The molecule has 0 unspecified atom stereocenters. The summed E-state index contributed by atoms with van der Waals surface area (Å²) in [5.41, 5.74) is 0. The van der Waals surface area contributed by atoms with Gasteiger partial charge in [-0.2, -0.15) is 0 Å². The third-order valence-electron chi connectivity index (χ3n) is 1.79. The van der Waals surface area contributed by atoms with E-state index in [0.717, 1.165) is 17.3 Å². The summed E-state index contributed by atoms with van der Waals surface area (Å²) >= 11 is 3.32. The van der Waals surface area contributed by atoms with Crippen molar-refractivity contribution in [3.8, 4) is 5.75 Å². The van der Waals surface area contributed by atoms with E-state index in [2.05, 4.69) is 15.9 Å². The zero-order valence-electron chi connectivity index (χ0n) is 8.13. The number of unbranched alkanes of at least 4 members (excludes halogenated alkanes) is 1. The van der Waals surface area contributed by atoms with Gasteiger partial charge in [-0.25, -0.2) is 0 Å². The first-order valence-electron chi connectivity index (χ1n) is 4.69. The second-order valence-electron chi connectivity index (χ2n) is 3.01. The summed E-state index contributed by atoms with van der Waals surface area (Å²) in [5, 5.41) is 0. The Bertz CT molecular complexity index is 310. The minimum Gasteiger partial charge on any atom is -0.425 e. The summed E-state index contributed by atoms with van der Waals surface area (Å²) in [6.45, 7) is 2.05. The van der Waals surface area contributed by atoms with E-state index in [9.17, 15) is 4.79 Å². The Morgan fingerprint density at radius 1 is 1.43 bits per heavy atom. The Morgan fingerprint density at radius 3 is 2.79 bits per heavy atom. The number of ether oxygens (including phenoxy) is 1. The molecule has 0 bridgehead atoms. The highest BCUT2D eigenvalue weighted by Crippen LogP contribution is 2.24. The monoisotopic (exact) mass is 256 g/mol. The molecule has 0 aliphatic carbocycles. The quantitative estimate of drug-likeness (QED) is 0.609. The molecule has 1 rings (SSSR count). The van der Waals surface area contributed by atoms with Crippen LogP contribution in [0.25, 0.3) is 0 Å². The SMILES string of the molecule is CCCCC(=O)Oc1ccccc1Br. The highest BCUT2D eigenvalue weighted by Gasteiger charge is 2.06. The largest absolute Gasteiger partial charge is 0.425 e. The molecule has 14 heavy (non-hydrogen) atoms. The molecule has 0 heterocycles. The van der Waals surface area contributed by atoms with Crippen LogP contribution in [0.2, 0.25) is 0 Å². The summed E-state index contributed by atoms with van der Waals surface area (Å²) in [6, 6.07) is 7.34. The fourth-order valence-corrected chi connectivity index (χ4v) is 1.39. The van der Waals surface area contributed by atoms with Gasteiger partial charge in [-0.3, -0.25) is 4.79 Å². The van der Waals surface area contributed by atoms with E-state index < -0.39 is 0 Å². The third-order valence-corrected chi connectivity index (χ3v) is 2.45. The molecule has 2 nitrogen and oxygen atoms in total. The van der Waals surface area contributed by atoms with Crippen LogP contribution >= 0.6 is 15.9 Å². The van der Waals surface area contributed by atoms with E-state index in [1.807, 2.05) is 25.1 Å². The predicted octanol–water partition coefficient (Wildman–Crippen LogP) is 3.54. The Labute approximate surface area is 92.4 Å². The first-order chi connectivity index (χ1) is 6.74. The molecule has 0 N–H and O–H groups in total. The summed E-state index contributed by atoms with van der Waals surface area (Å²) < 4.78 is 5.97. The van der Waals surface area contributed by atoms with Gasteiger partial charge in [-0.15, -0.1) is 0 Å². The molecule has 0 aliphatic rings. The minimum atomic E-state index is -0.168. The molecular formula is C11H13BrO2. The number of carbonyl (C=O) groups excluding carboxylic acids is 1. The maximum atomic E-state index is 11.3. The summed E-state index contributed by atoms with van der Waals surface area (Å²) in [5.74, 6) is 0.423. The predicted molar refractivity (Wildman–Crippen MR) is 59.3 cm³/mol. The third kappa shape index (κ3) is 3.50. The van der Waals surface area contributed by atoms with Gasteiger partial charge in [0.2, 0.25) is 0 Å². The summed E-state index contributed by atoms with van der Waals surface area (Å²) in [7, 11) is 0. The highest BCUT2D eigenvalue weighted by atomic mass is 79.9. The summed E-state index contributed by atoms with van der Waals surface area (Å²) in [6.07, 6.45) is 2.37. The molecule has 3 heteroatoms.